The summed E-state index contributed by atoms with van der Waals surface area (Å²) in [4.78, 5) is 24.3. The second-order valence-corrected chi connectivity index (χ2v) is 9.89. The van der Waals surface area contributed by atoms with E-state index in [0.717, 1.165) is 12.1 Å². The van der Waals surface area contributed by atoms with Gasteiger partial charge in [-0.3, -0.25) is 0 Å². The summed E-state index contributed by atoms with van der Waals surface area (Å²) in [6, 6.07) is 13.8. The number of carboxylic acid groups (broad SMARTS) is 1. The lowest BCUT2D eigenvalue weighted by Crippen LogP contribution is -2.45. The summed E-state index contributed by atoms with van der Waals surface area (Å²) in [6.07, 6.45) is -0.562. The molecule has 0 saturated carbocycles. The highest BCUT2D eigenvalue weighted by Gasteiger charge is 2.44. The smallest absolute Gasteiger partial charge is 0.407 e. The number of benzene rings is 3. The molecule has 0 fully saturated rings. The Bertz CT molecular complexity index is 1340. The number of halogens is 3. The maximum Gasteiger partial charge on any atom is 0.407 e. The highest BCUT2D eigenvalue weighted by atomic mass is 35.5. The third kappa shape index (κ3) is 4.86. The fourth-order valence-corrected chi connectivity index (χ4v) is 4.55. The van der Waals surface area contributed by atoms with E-state index in [0.29, 0.717) is 16.9 Å². The molecule has 0 bridgehead atoms. The number of alkyl carbamates (subject to hydrolysis) is 1. The van der Waals surface area contributed by atoms with Gasteiger partial charge in [0, 0.05) is 28.1 Å². The van der Waals surface area contributed by atoms with Crippen LogP contribution in [0.3, 0.4) is 0 Å². The van der Waals surface area contributed by atoms with E-state index in [1.165, 1.54) is 6.07 Å². The molecule has 188 valence electrons. The fourth-order valence-electron chi connectivity index (χ4n) is 4.28. The van der Waals surface area contributed by atoms with Crippen LogP contribution in [0.25, 0.3) is 11.1 Å². The summed E-state index contributed by atoms with van der Waals surface area (Å²) in [6.45, 7) is 5.20. The van der Waals surface area contributed by atoms with E-state index in [2.05, 4.69) is 5.32 Å². The second kappa shape index (κ2) is 9.43. The van der Waals surface area contributed by atoms with Gasteiger partial charge in [0.05, 0.1) is 12.1 Å². The van der Waals surface area contributed by atoms with Gasteiger partial charge in [-0.2, -0.15) is 0 Å². The van der Waals surface area contributed by atoms with Crippen LogP contribution in [-0.2, 0) is 16.8 Å². The molecule has 1 amide bonds. The number of carbonyl (C=O) groups excluding carboxylic acids is 1. The van der Waals surface area contributed by atoms with Crippen molar-refractivity contribution in [3.63, 3.8) is 0 Å². The third-order valence-electron chi connectivity index (χ3n) is 5.78. The van der Waals surface area contributed by atoms with Crippen LogP contribution < -0.4 is 10.1 Å². The topological polar surface area (TPSA) is 84.9 Å². The molecule has 0 aliphatic carbocycles. The van der Waals surface area contributed by atoms with Crippen molar-refractivity contribution in [2.45, 2.75) is 38.4 Å². The van der Waals surface area contributed by atoms with Crippen LogP contribution in [0.15, 0.2) is 54.6 Å². The van der Waals surface area contributed by atoms with Crippen LogP contribution in [0.2, 0.25) is 5.02 Å². The molecule has 9 heteroatoms. The first-order valence-corrected chi connectivity index (χ1v) is 11.5. The SMILES string of the molecule is CC(C)(C)OC(=O)NC[C@@]1(c2ccccc2)Cc2c(ccc(Cl)c2-c2c(C(=O)O)ccc(F)c2F)O1. The summed E-state index contributed by atoms with van der Waals surface area (Å²) >= 11 is 6.46. The molecule has 36 heavy (non-hydrogen) atoms. The molecule has 0 saturated heterocycles. The lowest BCUT2D eigenvalue weighted by Gasteiger charge is -2.30. The van der Waals surface area contributed by atoms with Gasteiger partial charge in [-0.25, -0.2) is 18.4 Å². The Morgan fingerprint density at radius 2 is 1.78 bits per heavy atom. The van der Waals surface area contributed by atoms with Crippen molar-refractivity contribution in [1.29, 1.82) is 0 Å². The van der Waals surface area contributed by atoms with Gasteiger partial charge in [-0.05, 0) is 50.6 Å². The van der Waals surface area contributed by atoms with Gasteiger partial charge in [-0.15, -0.1) is 0 Å². The lowest BCUT2D eigenvalue weighted by molar-refractivity contribution is 0.0414. The minimum absolute atomic E-state index is 0.0188. The van der Waals surface area contributed by atoms with E-state index >= 15 is 4.39 Å². The summed E-state index contributed by atoms with van der Waals surface area (Å²) in [5.74, 6) is -3.65. The van der Waals surface area contributed by atoms with E-state index in [1.807, 2.05) is 18.2 Å². The summed E-state index contributed by atoms with van der Waals surface area (Å²) in [5, 5.41) is 12.4. The summed E-state index contributed by atoms with van der Waals surface area (Å²) in [7, 11) is 0. The largest absolute Gasteiger partial charge is 0.480 e. The van der Waals surface area contributed by atoms with E-state index < -0.39 is 46.0 Å². The van der Waals surface area contributed by atoms with Crippen LogP contribution in [0.1, 0.15) is 42.3 Å². The first kappa shape index (κ1) is 25.4. The van der Waals surface area contributed by atoms with Crippen molar-refractivity contribution in [2.75, 3.05) is 6.54 Å². The van der Waals surface area contributed by atoms with Gasteiger partial charge in [0.15, 0.2) is 17.2 Å². The zero-order valence-corrected chi connectivity index (χ0v) is 20.6. The van der Waals surface area contributed by atoms with Crippen molar-refractivity contribution >= 4 is 23.7 Å². The number of ether oxygens (including phenoxy) is 2. The van der Waals surface area contributed by atoms with Crippen molar-refractivity contribution in [3.05, 3.63) is 87.9 Å². The molecule has 3 aromatic rings. The average Bonchev–Trinajstić information content (AvgIpc) is 3.19. The number of fused-ring (bicyclic) bond motifs is 1. The maximum atomic E-state index is 15.1. The van der Waals surface area contributed by atoms with E-state index in [4.69, 9.17) is 21.1 Å². The fraction of sp³-hybridized carbons (Fsp3) is 0.259. The maximum absolute atomic E-state index is 15.1. The van der Waals surface area contributed by atoms with E-state index in [9.17, 15) is 19.1 Å². The standard InChI is InChI=1S/C27H24ClF2NO5/c1-26(2,3)36-25(34)31-14-27(15-7-5-4-6-8-15)13-17-20(35-27)12-10-18(28)21(17)22-16(24(32)33)9-11-19(29)23(22)30/h4-12H,13-14H2,1-3H3,(H,31,34)(H,32,33)/t27-/m1/s1. The van der Waals surface area contributed by atoms with Gasteiger partial charge in [0.2, 0.25) is 0 Å². The molecule has 1 atom stereocenters. The molecule has 2 N–H and O–H groups in total. The Hall–Kier alpha value is -3.65. The van der Waals surface area contributed by atoms with Crippen molar-refractivity contribution < 1.29 is 33.0 Å². The molecular weight excluding hydrogens is 492 g/mol. The molecule has 0 unspecified atom stereocenters. The quantitative estimate of drug-likeness (QED) is 0.414. The zero-order chi connectivity index (χ0) is 26.3. The lowest BCUT2D eigenvalue weighted by atomic mass is 9.85. The molecule has 1 heterocycles. The van der Waals surface area contributed by atoms with Gasteiger partial charge in [-0.1, -0.05) is 41.9 Å². The van der Waals surface area contributed by atoms with Crippen LogP contribution in [0.4, 0.5) is 13.6 Å². The Labute approximate surface area is 211 Å². The van der Waals surface area contributed by atoms with Gasteiger partial charge < -0.3 is 19.9 Å². The Morgan fingerprint density at radius 3 is 2.42 bits per heavy atom. The minimum Gasteiger partial charge on any atom is -0.480 e. The monoisotopic (exact) mass is 515 g/mol. The number of amides is 1. The Kier molecular flexibility index (Phi) is 6.66. The molecule has 0 spiro atoms. The van der Waals surface area contributed by atoms with E-state index in [-0.39, 0.29) is 23.6 Å². The number of aromatic carboxylic acids is 1. The average molecular weight is 516 g/mol. The highest BCUT2D eigenvalue weighted by Crippen LogP contribution is 2.49. The minimum atomic E-state index is -1.43. The number of carbonyl (C=O) groups is 2. The number of carboxylic acids is 1. The predicted octanol–water partition coefficient (Wildman–Crippen LogP) is 6.34. The number of nitrogens with one attached hydrogen (secondary N) is 1. The van der Waals surface area contributed by atoms with Crippen LogP contribution in [-0.4, -0.2) is 29.3 Å². The van der Waals surface area contributed by atoms with Gasteiger partial charge in [0.1, 0.15) is 11.4 Å². The molecular formula is C27H24ClF2NO5. The zero-order valence-electron chi connectivity index (χ0n) is 19.8. The van der Waals surface area contributed by atoms with Crippen LogP contribution in [0, 0.1) is 11.6 Å². The third-order valence-corrected chi connectivity index (χ3v) is 6.09. The van der Waals surface area contributed by atoms with Crippen LogP contribution >= 0.6 is 11.6 Å². The number of hydrogen-bond acceptors (Lipinski definition) is 4. The normalized spacial score (nSPS) is 16.7. The summed E-state index contributed by atoms with van der Waals surface area (Å²) in [5.41, 5.74) is -1.63. The molecule has 0 radical (unpaired) electrons. The van der Waals surface area contributed by atoms with Gasteiger partial charge in [0.25, 0.3) is 0 Å². The predicted molar refractivity (Wildman–Crippen MR) is 130 cm³/mol. The summed E-state index contributed by atoms with van der Waals surface area (Å²) < 4.78 is 41.0. The second-order valence-electron chi connectivity index (χ2n) is 9.48. The molecule has 1 aliphatic heterocycles. The van der Waals surface area contributed by atoms with Crippen molar-refractivity contribution in [1.82, 2.24) is 5.32 Å². The highest BCUT2D eigenvalue weighted by molar-refractivity contribution is 6.34. The first-order chi connectivity index (χ1) is 16.9. The molecule has 4 rings (SSSR count). The Morgan fingerprint density at radius 1 is 1.08 bits per heavy atom. The molecule has 1 aliphatic rings. The van der Waals surface area contributed by atoms with Crippen molar-refractivity contribution in [3.8, 4) is 16.9 Å². The number of rotatable bonds is 5. The Balaban J connectivity index is 1.83. The molecule has 3 aromatic carbocycles. The number of hydrogen-bond donors (Lipinski definition) is 2. The molecule has 0 aromatic heterocycles. The van der Waals surface area contributed by atoms with Crippen molar-refractivity contribution in [2.24, 2.45) is 0 Å². The van der Waals surface area contributed by atoms with E-state index in [1.54, 1.807) is 39.0 Å². The van der Waals surface area contributed by atoms with Crippen LogP contribution in [0.5, 0.6) is 5.75 Å². The van der Waals surface area contributed by atoms with Gasteiger partial charge >= 0.3 is 12.1 Å². The molecule has 6 nitrogen and oxygen atoms in total. The first-order valence-electron chi connectivity index (χ1n) is 11.2.